The van der Waals surface area contributed by atoms with Crippen molar-refractivity contribution in [2.24, 2.45) is 0 Å². The van der Waals surface area contributed by atoms with E-state index in [2.05, 4.69) is 4.57 Å². The summed E-state index contributed by atoms with van der Waals surface area (Å²) in [6.07, 6.45) is 3.86. The molecule has 31 heavy (non-hydrogen) atoms. The lowest BCUT2D eigenvalue weighted by Gasteiger charge is -2.25. The Morgan fingerprint density at radius 3 is 2.71 bits per heavy atom. The first-order valence-corrected chi connectivity index (χ1v) is 10.3. The van der Waals surface area contributed by atoms with Gasteiger partial charge in [0.2, 0.25) is 0 Å². The Kier molecular flexibility index (Phi) is 6.91. The van der Waals surface area contributed by atoms with Gasteiger partial charge in [-0.3, -0.25) is 4.79 Å². The molecular formula is C24H27F2N3O2. The molecule has 2 aromatic rings. The zero-order valence-corrected chi connectivity index (χ0v) is 18.3. The summed E-state index contributed by atoms with van der Waals surface area (Å²) in [4.78, 5) is 14.3. The van der Waals surface area contributed by atoms with E-state index >= 15 is 0 Å². The zero-order chi connectivity index (χ0) is 22.7. The van der Waals surface area contributed by atoms with E-state index in [1.54, 1.807) is 20.0 Å². The standard InChI is InChI=1S/C24H27F2N3O2/c1-15-10-19(17(3)29(15)14-21-6-5-9-31-21)11-20(13-27)24(30)28(4)16(2)18-7-8-22(25)23(26)12-18/h7-8,10-12,16,21H,5-6,9,14H2,1-4H3/b20-11+. The van der Waals surface area contributed by atoms with Crippen molar-refractivity contribution in [2.75, 3.05) is 13.7 Å². The number of carbonyl (C=O) groups excluding carboxylic acids is 1. The van der Waals surface area contributed by atoms with Crippen LogP contribution in [0.5, 0.6) is 0 Å². The number of hydrogen-bond acceptors (Lipinski definition) is 3. The average Bonchev–Trinajstić information content (AvgIpc) is 3.36. The molecule has 7 heteroatoms. The van der Waals surface area contributed by atoms with E-state index in [4.69, 9.17) is 4.74 Å². The summed E-state index contributed by atoms with van der Waals surface area (Å²) in [6, 6.07) is 6.94. The molecule has 1 amide bonds. The van der Waals surface area contributed by atoms with Gasteiger partial charge in [-0.05, 0) is 69.0 Å². The van der Waals surface area contributed by atoms with E-state index in [1.807, 2.05) is 26.0 Å². The van der Waals surface area contributed by atoms with Crippen molar-refractivity contribution in [3.8, 4) is 6.07 Å². The van der Waals surface area contributed by atoms with Crippen molar-refractivity contribution in [1.82, 2.24) is 9.47 Å². The number of ether oxygens (including phenoxy) is 1. The highest BCUT2D eigenvalue weighted by Crippen LogP contribution is 2.25. The van der Waals surface area contributed by atoms with Gasteiger partial charge in [0.15, 0.2) is 11.6 Å². The average molecular weight is 427 g/mol. The molecule has 2 unspecified atom stereocenters. The molecule has 0 spiro atoms. The maximum absolute atomic E-state index is 13.6. The van der Waals surface area contributed by atoms with Gasteiger partial charge in [-0.1, -0.05) is 6.07 Å². The van der Waals surface area contributed by atoms with E-state index in [0.29, 0.717) is 5.56 Å². The smallest absolute Gasteiger partial charge is 0.264 e. The Labute approximate surface area is 181 Å². The Bertz CT molecular complexity index is 1050. The van der Waals surface area contributed by atoms with E-state index < -0.39 is 23.6 Å². The highest BCUT2D eigenvalue weighted by atomic mass is 19.2. The number of aryl methyl sites for hydroxylation is 1. The molecule has 3 rings (SSSR count). The van der Waals surface area contributed by atoms with E-state index in [1.165, 1.54) is 11.0 Å². The fraction of sp³-hybridized carbons (Fsp3) is 0.417. The molecule has 1 fully saturated rings. The fourth-order valence-electron chi connectivity index (χ4n) is 3.91. The number of amides is 1. The summed E-state index contributed by atoms with van der Waals surface area (Å²) in [5.74, 6) is -2.40. The van der Waals surface area contributed by atoms with Gasteiger partial charge in [-0.25, -0.2) is 8.78 Å². The number of benzene rings is 1. The van der Waals surface area contributed by atoms with Gasteiger partial charge in [0.25, 0.3) is 5.91 Å². The van der Waals surface area contributed by atoms with Crippen LogP contribution in [0.15, 0.2) is 29.8 Å². The molecule has 1 aromatic heterocycles. The lowest BCUT2D eigenvalue weighted by molar-refractivity contribution is -0.127. The zero-order valence-electron chi connectivity index (χ0n) is 18.3. The van der Waals surface area contributed by atoms with Crippen molar-refractivity contribution < 1.29 is 18.3 Å². The predicted octanol–water partition coefficient (Wildman–Crippen LogP) is 4.69. The van der Waals surface area contributed by atoms with Crippen LogP contribution in [0, 0.1) is 36.8 Å². The van der Waals surface area contributed by atoms with Crippen molar-refractivity contribution in [3.63, 3.8) is 0 Å². The van der Waals surface area contributed by atoms with Crippen molar-refractivity contribution >= 4 is 12.0 Å². The Morgan fingerprint density at radius 2 is 2.10 bits per heavy atom. The highest BCUT2D eigenvalue weighted by Gasteiger charge is 2.23. The van der Waals surface area contributed by atoms with Crippen LogP contribution in [0.1, 0.15) is 48.3 Å². The number of halogens is 2. The Morgan fingerprint density at radius 1 is 1.35 bits per heavy atom. The number of likely N-dealkylation sites (N-methyl/N-ethyl adjacent to an activating group) is 1. The SMILES string of the molecule is Cc1cc(/C=C(\C#N)C(=O)N(C)C(C)c2ccc(F)c(F)c2)c(C)n1CC1CCCO1. The van der Waals surface area contributed by atoms with E-state index in [9.17, 15) is 18.8 Å². The van der Waals surface area contributed by atoms with Crippen LogP contribution in [0.4, 0.5) is 8.78 Å². The van der Waals surface area contributed by atoms with Crippen LogP contribution in [-0.4, -0.2) is 35.1 Å². The third kappa shape index (κ3) is 4.86. The van der Waals surface area contributed by atoms with Crippen LogP contribution in [0.3, 0.4) is 0 Å². The number of carbonyl (C=O) groups is 1. The quantitative estimate of drug-likeness (QED) is 0.496. The number of hydrogen-bond donors (Lipinski definition) is 0. The molecule has 1 aromatic carbocycles. The van der Waals surface area contributed by atoms with Crippen LogP contribution in [0.25, 0.3) is 6.08 Å². The first-order valence-electron chi connectivity index (χ1n) is 10.3. The minimum absolute atomic E-state index is 0.0192. The second-order valence-corrected chi connectivity index (χ2v) is 8.01. The Hall–Kier alpha value is -2.98. The van der Waals surface area contributed by atoms with Gasteiger partial charge in [-0.2, -0.15) is 5.26 Å². The lowest BCUT2D eigenvalue weighted by atomic mass is 10.1. The van der Waals surface area contributed by atoms with Crippen LogP contribution >= 0.6 is 0 Å². The van der Waals surface area contributed by atoms with E-state index in [0.717, 1.165) is 55.1 Å². The molecule has 1 aliphatic heterocycles. The molecule has 2 heterocycles. The summed E-state index contributed by atoms with van der Waals surface area (Å²) in [7, 11) is 1.54. The fourth-order valence-corrected chi connectivity index (χ4v) is 3.91. The predicted molar refractivity (Wildman–Crippen MR) is 114 cm³/mol. The third-order valence-corrected chi connectivity index (χ3v) is 6.00. The van der Waals surface area contributed by atoms with Gasteiger partial charge < -0.3 is 14.2 Å². The molecule has 0 radical (unpaired) electrons. The maximum Gasteiger partial charge on any atom is 0.264 e. The summed E-state index contributed by atoms with van der Waals surface area (Å²) in [5, 5.41) is 9.63. The molecule has 2 atom stereocenters. The molecule has 1 aliphatic rings. The third-order valence-electron chi connectivity index (χ3n) is 6.00. The molecule has 0 bridgehead atoms. The molecular weight excluding hydrogens is 400 g/mol. The molecule has 1 saturated heterocycles. The number of aromatic nitrogens is 1. The van der Waals surface area contributed by atoms with Crippen LogP contribution in [-0.2, 0) is 16.1 Å². The first-order chi connectivity index (χ1) is 14.7. The van der Waals surface area contributed by atoms with Crippen molar-refractivity contribution in [3.05, 3.63) is 64.0 Å². The van der Waals surface area contributed by atoms with Gasteiger partial charge in [0.05, 0.1) is 12.1 Å². The minimum Gasteiger partial charge on any atom is -0.376 e. The molecule has 5 nitrogen and oxygen atoms in total. The number of rotatable bonds is 6. The largest absolute Gasteiger partial charge is 0.376 e. The summed E-state index contributed by atoms with van der Waals surface area (Å²) < 4.78 is 34.7. The molecule has 0 saturated carbocycles. The number of nitrogens with zero attached hydrogens (tertiary/aromatic N) is 3. The van der Waals surface area contributed by atoms with Gasteiger partial charge >= 0.3 is 0 Å². The highest BCUT2D eigenvalue weighted by molar-refractivity contribution is 6.01. The summed E-state index contributed by atoms with van der Waals surface area (Å²) in [5.41, 5.74) is 3.22. The van der Waals surface area contributed by atoms with Gasteiger partial charge in [0.1, 0.15) is 11.6 Å². The molecule has 0 N–H and O–H groups in total. The molecule has 164 valence electrons. The van der Waals surface area contributed by atoms with Gasteiger partial charge in [0, 0.05) is 31.6 Å². The van der Waals surface area contributed by atoms with Crippen LogP contribution < -0.4 is 0 Å². The normalized spacial score (nSPS) is 17.5. The van der Waals surface area contributed by atoms with E-state index in [-0.39, 0.29) is 11.7 Å². The topological polar surface area (TPSA) is 58.3 Å². The second kappa shape index (κ2) is 9.44. The van der Waals surface area contributed by atoms with Crippen LogP contribution in [0.2, 0.25) is 0 Å². The van der Waals surface area contributed by atoms with Crippen molar-refractivity contribution in [2.45, 2.75) is 52.3 Å². The maximum atomic E-state index is 13.6. The summed E-state index contributed by atoms with van der Waals surface area (Å²) in [6.45, 7) is 7.18. The Balaban J connectivity index is 1.82. The lowest BCUT2D eigenvalue weighted by Crippen LogP contribution is -2.30. The minimum atomic E-state index is -0.972. The monoisotopic (exact) mass is 427 g/mol. The van der Waals surface area contributed by atoms with Gasteiger partial charge in [-0.15, -0.1) is 0 Å². The number of nitriles is 1. The summed E-state index contributed by atoms with van der Waals surface area (Å²) >= 11 is 0. The second-order valence-electron chi connectivity index (χ2n) is 8.01. The molecule has 0 aliphatic carbocycles. The first kappa shape index (κ1) is 22.7. The van der Waals surface area contributed by atoms with Crippen molar-refractivity contribution in [1.29, 1.82) is 5.26 Å².